The number of hydrogen-bond acceptors (Lipinski definition) is 2. The Kier molecular flexibility index (Phi) is 11.0. The number of unbranched alkanes of at least 4 members (excludes halogenated alkanes) is 4. The van der Waals surface area contributed by atoms with Gasteiger partial charge in [0.15, 0.2) is 0 Å². The molecule has 180 valence electrons. The standard InChI is InChI=1S/C31H44O2/c1-3-5-7-9-25-11-18-28(19-12-25)29-20-13-27(14-21-29)17-24-31(32)33-30-22-15-26(16-23-30)10-8-6-4-2/h13-16,20-23,25,28H,3-12,17-19,24H2,1-2H3. The summed E-state index contributed by atoms with van der Waals surface area (Å²) < 4.78 is 5.54. The Hall–Kier alpha value is -2.09. The van der Waals surface area contributed by atoms with Crippen molar-refractivity contribution in [3.63, 3.8) is 0 Å². The zero-order chi connectivity index (χ0) is 23.3. The second kappa shape index (κ2) is 14.2. The molecule has 0 saturated heterocycles. The third kappa shape index (κ3) is 8.99. The molecule has 0 radical (unpaired) electrons. The van der Waals surface area contributed by atoms with Gasteiger partial charge in [0.25, 0.3) is 0 Å². The number of rotatable bonds is 13. The summed E-state index contributed by atoms with van der Waals surface area (Å²) in [6, 6.07) is 17.0. The van der Waals surface area contributed by atoms with Gasteiger partial charge in [-0.1, -0.05) is 88.8 Å². The van der Waals surface area contributed by atoms with Crippen LogP contribution in [0.5, 0.6) is 5.75 Å². The van der Waals surface area contributed by atoms with Crippen molar-refractivity contribution in [3.8, 4) is 5.75 Å². The number of carbonyl (C=O) groups is 1. The van der Waals surface area contributed by atoms with Crippen molar-refractivity contribution >= 4 is 5.97 Å². The van der Waals surface area contributed by atoms with Gasteiger partial charge in [0.1, 0.15) is 5.75 Å². The third-order valence-corrected chi connectivity index (χ3v) is 7.36. The summed E-state index contributed by atoms with van der Waals surface area (Å²) in [5, 5.41) is 0. The van der Waals surface area contributed by atoms with Gasteiger partial charge in [-0.15, -0.1) is 0 Å². The number of ether oxygens (including phenoxy) is 1. The van der Waals surface area contributed by atoms with Crippen LogP contribution in [-0.2, 0) is 17.6 Å². The van der Waals surface area contributed by atoms with E-state index >= 15 is 0 Å². The normalized spacial score (nSPS) is 18.2. The number of carbonyl (C=O) groups excluding carboxylic acids is 1. The molecule has 0 unspecified atom stereocenters. The van der Waals surface area contributed by atoms with Gasteiger partial charge in [-0.25, -0.2) is 0 Å². The van der Waals surface area contributed by atoms with Crippen LogP contribution < -0.4 is 4.74 Å². The summed E-state index contributed by atoms with van der Waals surface area (Å²) in [7, 11) is 0. The SMILES string of the molecule is CCCCCc1ccc(OC(=O)CCc2ccc(C3CCC(CCCCC)CC3)cc2)cc1. The van der Waals surface area contributed by atoms with E-state index in [1.807, 2.05) is 12.1 Å². The van der Waals surface area contributed by atoms with Crippen LogP contribution >= 0.6 is 0 Å². The van der Waals surface area contributed by atoms with Crippen molar-refractivity contribution in [2.24, 2.45) is 5.92 Å². The second-order valence-corrected chi connectivity index (χ2v) is 10.0. The molecule has 2 aromatic rings. The van der Waals surface area contributed by atoms with Gasteiger partial charge in [0.2, 0.25) is 0 Å². The molecular weight excluding hydrogens is 404 g/mol. The lowest BCUT2D eigenvalue weighted by Crippen LogP contribution is -2.13. The van der Waals surface area contributed by atoms with Gasteiger partial charge in [0.05, 0.1) is 0 Å². The van der Waals surface area contributed by atoms with Gasteiger partial charge >= 0.3 is 5.97 Å². The lowest BCUT2D eigenvalue weighted by Gasteiger charge is -2.29. The molecule has 0 atom stereocenters. The first kappa shape index (κ1) is 25.5. The van der Waals surface area contributed by atoms with Gasteiger partial charge in [-0.2, -0.15) is 0 Å². The molecule has 0 amide bonds. The minimum absolute atomic E-state index is 0.154. The fourth-order valence-electron chi connectivity index (χ4n) is 5.16. The molecule has 0 aliphatic heterocycles. The van der Waals surface area contributed by atoms with E-state index in [0.29, 0.717) is 12.2 Å². The number of aryl methyl sites for hydroxylation is 2. The first-order valence-corrected chi connectivity index (χ1v) is 13.6. The van der Waals surface area contributed by atoms with Gasteiger partial charge in [-0.05, 0) is 85.6 Å². The molecule has 0 aromatic heterocycles. The van der Waals surface area contributed by atoms with E-state index < -0.39 is 0 Å². The second-order valence-electron chi connectivity index (χ2n) is 10.0. The van der Waals surface area contributed by atoms with E-state index in [9.17, 15) is 4.79 Å². The molecule has 33 heavy (non-hydrogen) atoms. The first-order valence-electron chi connectivity index (χ1n) is 13.6. The average molecular weight is 449 g/mol. The summed E-state index contributed by atoms with van der Waals surface area (Å²) in [6.45, 7) is 4.51. The van der Waals surface area contributed by atoms with Crippen molar-refractivity contribution in [1.82, 2.24) is 0 Å². The zero-order valence-corrected chi connectivity index (χ0v) is 21.0. The molecule has 2 nitrogen and oxygen atoms in total. The molecule has 1 saturated carbocycles. The lowest BCUT2D eigenvalue weighted by atomic mass is 9.77. The highest BCUT2D eigenvalue weighted by molar-refractivity contribution is 5.72. The van der Waals surface area contributed by atoms with Crippen LogP contribution in [0.4, 0.5) is 0 Å². The van der Waals surface area contributed by atoms with Crippen LogP contribution in [0.2, 0.25) is 0 Å². The monoisotopic (exact) mass is 448 g/mol. The van der Waals surface area contributed by atoms with Crippen LogP contribution in [0.25, 0.3) is 0 Å². The molecule has 2 aromatic carbocycles. The summed E-state index contributed by atoms with van der Waals surface area (Å²) in [4.78, 5) is 12.3. The van der Waals surface area contributed by atoms with E-state index in [1.165, 1.54) is 87.3 Å². The van der Waals surface area contributed by atoms with E-state index in [-0.39, 0.29) is 5.97 Å². The summed E-state index contributed by atoms with van der Waals surface area (Å²) in [5.41, 5.74) is 4.01. The van der Waals surface area contributed by atoms with E-state index in [0.717, 1.165) is 24.7 Å². The predicted octanol–water partition coefficient (Wildman–Crippen LogP) is 8.81. The molecule has 1 fully saturated rings. The van der Waals surface area contributed by atoms with Crippen molar-refractivity contribution in [3.05, 3.63) is 65.2 Å². The molecule has 0 spiro atoms. The van der Waals surface area contributed by atoms with Gasteiger partial charge in [-0.3, -0.25) is 4.79 Å². The average Bonchev–Trinajstić information content (AvgIpc) is 2.85. The fourth-order valence-corrected chi connectivity index (χ4v) is 5.16. The molecule has 0 heterocycles. The first-order chi connectivity index (χ1) is 16.2. The van der Waals surface area contributed by atoms with Crippen LogP contribution in [0.3, 0.4) is 0 Å². The predicted molar refractivity (Wildman–Crippen MR) is 139 cm³/mol. The Morgan fingerprint density at radius 1 is 0.758 bits per heavy atom. The maximum atomic E-state index is 12.3. The molecule has 3 rings (SSSR count). The Morgan fingerprint density at radius 3 is 2.03 bits per heavy atom. The highest BCUT2D eigenvalue weighted by Crippen LogP contribution is 2.37. The van der Waals surface area contributed by atoms with Crippen molar-refractivity contribution in [1.29, 1.82) is 0 Å². The third-order valence-electron chi connectivity index (χ3n) is 7.36. The summed E-state index contributed by atoms with van der Waals surface area (Å²) >= 11 is 0. The Bertz CT molecular complexity index is 798. The molecule has 2 heteroatoms. The Labute approximate surface area is 202 Å². The van der Waals surface area contributed by atoms with Crippen molar-refractivity contribution < 1.29 is 9.53 Å². The van der Waals surface area contributed by atoms with Crippen LogP contribution in [0.15, 0.2) is 48.5 Å². The Balaban J connectivity index is 1.37. The summed E-state index contributed by atoms with van der Waals surface area (Å²) in [6.07, 6.45) is 17.0. The quantitative estimate of drug-likeness (QED) is 0.174. The van der Waals surface area contributed by atoms with Crippen LogP contribution in [-0.4, -0.2) is 5.97 Å². The molecule has 0 bridgehead atoms. The van der Waals surface area contributed by atoms with Crippen LogP contribution in [0.1, 0.15) is 114 Å². The van der Waals surface area contributed by atoms with Crippen molar-refractivity contribution in [2.75, 3.05) is 0 Å². The smallest absolute Gasteiger partial charge is 0.311 e. The largest absolute Gasteiger partial charge is 0.427 e. The van der Waals surface area contributed by atoms with E-state index in [4.69, 9.17) is 4.74 Å². The van der Waals surface area contributed by atoms with Gasteiger partial charge in [0, 0.05) is 6.42 Å². The van der Waals surface area contributed by atoms with Crippen molar-refractivity contribution in [2.45, 2.75) is 110 Å². The topological polar surface area (TPSA) is 26.3 Å². The number of esters is 1. The highest BCUT2D eigenvalue weighted by atomic mass is 16.5. The molecule has 1 aliphatic carbocycles. The van der Waals surface area contributed by atoms with E-state index in [1.54, 1.807) is 0 Å². The van der Waals surface area contributed by atoms with E-state index in [2.05, 4.69) is 50.2 Å². The van der Waals surface area contributed by atoms with Gasteiger partial charge < -0.3 is 4.74 Å². The maximum Gasteiger partial charge on any atom is 0.311 e. The maximum absolute atomic E-state index is 12.3. The number of benzene rings is 2. The minimum atomic E-state index is -0.154. The fraction of sp³-hybridized carbons (Fsp3) is 0.581. The molecule has 0 N–H and O–H groups in total. The number of hydrogen-bond donors (Lipinski definition) is 0. The lowest BCUT2D eigenvalue weighted by molar-refractivity contribution is -0.134. The Morgan fingerprint density at radius 2 is 1.36 bits per heavy atom. The molecular formula is C31H44O2. The van der Waals surface area contributed by atoms with Crippen LogP contribution in [0, 0.1) is 5.92 Å². The molecule has 1 aliphatic rings. The zero-order valence-electron chi connectivity index (χ0n) is 21.0. The minimum Gasteiger partial charge on any atom is -0.427 e. The summed E-state index contributed by atoms with van der Waals surface area (Å²) in [5.74, 6) is 2.17. The highest BCUT2D eigenvalue weighted by Gasteiger charge is 2.22.